The van der Waals surface area contributed by atoms with Crippen molar-refractivity contribution < 1.29 is 14.3 Å². The standard InChI is InChI=1S/C21H25N3O3S/c1-6-7-24-16-10-17(27-5)13(8-14(16)12(2)11-21(24,3)4)9-15-18(25)22-20(28)23-19(15)26/h8-11H,6-7H2,1-5H3,(H2,22,23,25,26,28). The number of rotatable bonds is 4. The maximum Gasteiger partial charge on any atom is 0.263 e. The fourth-order valence-electron chi connectivity index (χ4n) is 3.80. The number of anilines is 1. The largest absolute Gasteiger partial charge is 0.496 e. The van der Waals surface area contributed by atoms with Gasteiger partial charge in [-0.15, -0.1) is 0 Å². The third-order valence-corrected chi connectivity index (χ3v) is 5.22. The molecule has 3 rings (SSSR count). The molecule has 0 atom stereocenters. The van der Waals surface area contributed by atoms with E-state index in [0.29, 0.717) is 11.3 Å². The highest BCUT2D eigenvalue weighted by atomic mass is 32.1. The van der Waals surface area contributed by atoms with Gasteiger partial charge in [0.1, 0.15) is 11.3 Å². The lowest BCUT2D eigenvalue weighted by Gasteiger charge is -2.43. The van der Waals surface area contributed by atoms with E-state index in [0.717, 1.165) is 29.8 Å². The highest BCUT2D eigenvalue weighted by Crippen LogP contribution is 2.42. The van der Waals surface area contributed by atoms with Crippen molar-refractivity contribution in [3.63, 3.8) is 0 Å². The molecule has 28 heavy (non-hydrogen) atoms. The Morgan fingerprint density at radius 3 is 2.43 bits per heavy atom. The number of hydrogen-bond donors (Lipinski definition) is 2. The molecule has 1 fully saturated rings. The first-order valence-corrected chi connectivity index (χ1v) is 9.66. The summed E-state index contributed by atoms with van der Waals surface area (Å²) in [6, 6.07) is 3.96. The maximum absolute atomic E-state index is 12.2. The fourth-order valence-corrected chi connectivity index (χ4v) is 3.99. The van der Waals surface area contributed by atoms with Gasteiger partial charge in [-0.05, 0) is 57.1 Å². The molecule has 0 unspecified atom stereocenters. The summed E-state index contributed by atoms with van der Waals surface area (Å²) in [5, 5.41) is 4.92. The van der Waals surface area contributed by atoms with Gasteiger partial charge in [0.05, 0.1) is 12.6 Å². The van der Waals surface area contributed by atoms with Crippen molar-refractivity contribution in [3.8, 4) is 5.75 Å². The van der Waals surface area contributed by atoms with Crippen LogP contribution in [0.1, 0.15) is 45.2 Å². The molecule has 1 saturated heterocycles. The number of fused-ring (bicyclic) bond motifs is 1. The fraction of sp³-hybridized carbons (Fsp3) is 0.381. The van der Waals surface area contributed by atoms with Gasteiger partial charge in [0, 0.05) is 29.4 Å². The average molecular weight is 400 g/mol. The van der Waals surface area contributed by atoms with Crippen LogP contribution in [-0.4, -0.2) is 36.1 Å². The van der Waals surface area contributed by atoms with E-state index in [9.17, 15) is 9.59 Å². The quantitative estimate of drug-likeness (QED) is 0.463. The third-order valence-electron chi connectivity index (χ3n) is 5.02. The first kappa shape index (κ1) is 20.1. The van der Waals surface area contributed by atoms with E-state index in [1.807, 2.05) is 12.1 Å². The molecule has 148 valence electrons. The van der Waals surface area contributed by atoms with Crippen molar-refractivity contribution >= 4 is 46.5 Å². The van der Waals surface area contributed by atoms with Gasteiger partial charge in [-0.3, -0.25) is 20.2 Å². The topological polar surface area (TPSA) is 70.7 Å². The molecule has 0 bridgehead atoms. The second-order valence-electron chi connectivity index (χ2n) is 7.54. The van der Waals surface area contributed by atoms with E-state index < -0.39 is 11.8 Å². The zero-order chi connectivity index (χ0) is 20.6. The van der Waals surface area contributed by atoms with Crippen molar-refractivity contribution in [1.29, 1.82) is 0 Å². The minimum absolute atomic E-state index is 0.00460. The minimum Gasteiger partial charge on any atom is -0.496 e. The summed E-state index contributed by atoms with van der Waals surface area (Å²) in [4.78, 5) is 26.8. The van der Waals surface area contributed by atoms with Crippen LogP contribution >= 0.6 is 12.2 Å². The van der Waals surface area contributed by atoms with Crippen LogP contribution in [0.4, 0.5) is 5.69 Å². The Morgan fingerprint density at radius 2 is 1.86 bits per heavy atom. The van der Waals surface area contributed by atoms with Crippen LogP contribution in [0.5, 0.6) is 5.75 Å². The van der Waals surface area contributed by atoms with Crippen LogP contribution in [0.3, 0.4) is 0 Å². The van der Waals surface area contributed by atoms with Gasteiger partial charge in [0.2, 0.25) is 0 Å². The first-order valence-electron chi connectivity index (χ1n) is 9.25. The van der Waals surface area contributed by atoms with E-state index in [1.165, 1.54) is 0 Å². The maximum atomic E-state index is 12.2. The molecule has 1 aromatic carbocycles. The van der Waals surface area contributed by atoms with Gasteiger partial charge in [-0.25, -0.2) is 0 Å². The summed E-state index contributed by atoms with van der Waals surface area (Å²) < 4.78 is 5.59. The highest BCUT2D eigenvalue weighted by molar-refractivity contribution is 7.80. The van der Waals surface area contributed by atoms with E-state index in [-0.39, 0.29) is 16.2 Å². The number of methoxy groups -OCH3 is 1. The second-order valence-corrected chi connectivity index (χ2v) is 7.95. The number of thiocarbonyl (C=S) groups is 1. The van der Waals surface area contributed by atoms with E-state index in [1.54, 1.807) is 13.2 Å². The number of nitrogens with one attached hydrogen (secondary N) is 2. The van der Waals surface area contributed by atoms with Crippen molar-refractivity contribution in [3.05, 3.63) is 34.9 Å². The number of amides is 2. The lowest BCUT2D eigenvalue weighted by Crippen LogP contribution is -2.51. The monoisotopic (exact) mass is 399 g/mol. The summed E-state index contributed by atoms with van der Waals surface area (Å²) >= 11 is 4.85. The molecule has 2 aliphatic rings. The molecule has 0 spiro atoms. The smallest absolute Gasteiger partial charge is 0.263 e. The highest BCUT2D eigenvalue weighted by Gasteiger charge is 2.32. The third kappa shape index (κ3) is 3.54. The van der Waals surface area contributed by atoms with Crippen LogP contribution in [0.25, 0.3) is 11.6 Å². The Balaban J connectivity index is 2.15. The Morgan fingerprint density at radius 1 is 1.21 bits per heavy atom. The van der Waals surface area contributed by atoms with Gasteiger partial charge in [0.15, 0.2) is 5.11 Å². The molecule has 2 heterocycles. The molecule has 7 heteroatoms. The van der Waals surface area contributed by atoms with Gasteiger partial charge >= 0.3 is 0 Å². The molecule has 1 aromatic rings. The minimum atomic E-state index is -0.519. The Kier molecular flexibility index (Phi) is 5.30. The van der Waals surface area contributed by atoms with Crippen LogP contribution in [-0.2, 0) is 9.59 Å². The zero-order valence-corrected chi connectivity index (χ0v) is 17.6. The number of ether oxygens (including phenoxy) is 1. The lowest BCUT2D eigenvalue weighted by molar-refractivity contribution is -0.123. The van der Waals surface area contributed by atoms with Gasteiger partial charge in [-0.2, -0.15) is 0 Å². The predicted octanol–water partition coefficient (Wildman–Crippen LogP) is 3.02. The molecular formula is C21H25N3O3S. The number of carbonyl (C=O) groups excluding carboxylic acids is 2. The predicted molar refractivity (Wildman–Crippen MR) is 115 cm³/mol. The molecular weight excluding hydrogens is 374 g/mol. The van der Waals surface area contributed by atoms with E-state index >= 15 is 0 Å². The van der Waals surface area contributed by atoms with Gasteiger partial charge < -0.3 is 9.64 Å². The summed E-state index contributed by atoms with van der Waals surface area (Å²) in [5.41, 5.74) is 3.84. The molecule has 0 saturated carbocycles. The SMILES string of the molecule is CCCN1c2cc(OC)c(C=C3C(=O)NC(=S)NC3=O)cc2C(C)=CC1(C)C. The lowest BCUT2D eigenvalue weighted by atomic mass is 9.87. The molecule has 6 nitrogen and oxygen atoms in total. The number of carbonyl (C=O) groups is 2. The summed E-state index contributed by atoms with van der Waals surface area (Å²) in [7, 11) is 1.58. The Labute approximate surface area is 170 Å². The molecule has 0 aliphatic carbocycles. The summed E-state index contributed by atoms with van der Waals surface area (Å²) in [6.07, 6.45) is 4.81. The van der Waals surface area contributed by atoms with Crippen molar-refractivity contribution in [2.45, 2.75) is 39.7 Å². The molecule has 0 aromatic heterocycles. The average Bonchev–Trinajstić information content (AvgIpc) is 2.60. The van der Waals surface area contributed by atoms with E-state index in [2.05, 4.69) is 49.3 Å². The number of allylic oxidation sites excluding steroid dienone is 1. The van der Waals surface area contributed by atoms with Gasteiger partial charge in [0.25, 0.3) is 11.8 Å². The van der Waals surface area contributed by atoms with E-state index in [4.69, 9.17) is 17.0 Å². The molecule has 2 N–H and O–H groups in total. The van der Waals surface area contributed by atoms with Crippen LogP contribution in [0.2, 0.25) is 0 Å². The number of hydrogen-bond acceptors (Lipinski definition) is 5. The van der Waals surface area contributed by atoms with Crippen molar-refractivity contribution in [2.75, 3.05) is 18.6 Å². The zero-order valence-electron chi connectivity index (χ0n) is 16.8. The molecule has 2 amide bonds. The summed E-state index contributed by atoms with van der Waals surface area (Å²) in [6.45, 7) is 9.52. The second kappa shape index (κ2) is 7.39. The van der Waals surface area contributed by atoms with Crippen molar-refractivity contribution in [1.82, 2.24) is 10.6 Å². The van der Waals surface area contributed by atoms with Crippen LogP contribution in [0.15, 0.2) is 23.8 Å². The normalized spacial score (nSPS) is 18.2. The van der Waals surface area contributed by atoms with Gasteiger partial charge in [-0.1, -0.05) is 13.0 Å². The van der Waals surface area contributed by atoms with Crippen LogP contribution in [0, 0.1) is 0 Å². The van der Waals surface area contributed by atoms with Crippen molar-refractivity contribution in [2.24, 2.45) is 0 Å². The summed E-state index contributed by atoms with van der Waals surface area (Å²) in [5.74, 6) is -0.435. The number of benzene rings is 1. The Hall–Kier alpha value is -2.67. The first-order chi connectivity index (χ1) is 13.2. The van der Waals surface area contributed by atoms with Crippen LogP contribution < -0.4 is 20.3 Å². The Bertz CT molecular complexity index is 909. The molecule has 0 radical (unpaired) electrons. The number of nitrogens with zero attached hydrogens (tertiary/aromatic N) is 1. The molecule has 2 aliphatic heterocycles.